The van der Waals surface area contributed by atoms with Crippen LogP contribution in [0, 0.1) is 90.0 Å². The molecule has 4 amide bonds. The Kier molecular flexibility index (Phi) is 44.4. The highest BCUT2D eigenvalue weighted by atomic mass is 16.5. The first-order valence-electron chi connectivity index (χ1n) is 50.1. The number of amides is 4. The summed E-state index contributed by atoms with van der Waals surface area (Å²) in [6.07, 6.45) is 21.2. The van der Waals surface area contributed by atoms with E-state index < -0.39 is 94.8 Å². The Labute approximate surface area is 834 Å². The highest BCUT2D eigenvalue weighted by Gasteiger charge is 2.42. The van der Waals surface area contributed by atoms with Crippen LogP contribution in [-0.2, 0) is 83.0 Å². The Morgan fingerprint density at radius 2 is 0.475 bits per heavy atom. The molecule has 4 heterocycles. The van der Waals surface area contributed by atoms with E-state index in [1.54, 1.807) is 84.1 Å². The molecule has 0 N–H and O–H groups in total. The van der Waals surface area contributed by atoms with Gasteiger partial charge >= 0.3 is 23.9 Å². The van der Waals surface area contributed by atoms with Gasteiger partial charge in [-0.2, -0.15) is 0 Å². The number of methoxy groups -OCH3 is 5. The Balaban J connectivity index is 0.000000210. The summed E-state index contributed by atoms with van der Waals surface area (Å²) >= 11 is 0. The van der Waals surface area contributed by atoms with Crippen molar-refractivity contribution in [3.05, 3.63) is 250 Å². The second kappa shape index (κ2) is 56.0. The minimum atomic E-state index is -0.739. The number of carbonyl (C=O) groups excluding carboxylic acids is 12. The van der Waals surface area contributed by atoms with Crippen molar-refractivity contribution in [3.63, 3.8) is 0 Å². The van der Waals surface area contributed by atoms with Gasteiger partial charge in [-0.25, -0.2) is 19.2 Å². The van der Waals surface area contributed by atoms with E-state index in [1.165, 1.54) is 53.0 Å². The fourth-order valence-corrected chi connectivity index (χ4v) is 19.0. The smallest absolute Gasteiger partial charge is 0.328 e. The lowest BCUT2D eigenvalue weighted by Crippen LogP contribution is -2.51. The monoisotopic (exact) mass is 1930 g/mol. The lowest BCUT2D eigenvalue weighted by molar-refractivity contribution is -0.155. The first-order valence-corrected chi connectivity index (χ1v) is 50.1. The molecule has 4 unspecified atom stereocenters. The summed E-state index contributed by atoms with van der Waals surface area (Å²) in [5.74, 6) is -3.06. The van der Waals surface area contributed by atoms with Gasteiger partial charge in [-0.3, -0.25) is 38.4 Å². The number of esters is 4. The number of likely N-dealkylation sites (tertiary alicyclic amines) is 4. The normalized spacial score (nSPS) is 15.5. The molecule has 12 rings (SSSR count). The average Bonchev–Trinajstić information content (AvgIpc) is 0.815. The van der Waals surface area contributed by atoms with Crippen molar-refractivity contribution in [2.75, 3.05) is 88.2 Å². The number of benzene rings is 8. The van der Waals surface area contributed by atoms with E-state index in [2.05, 4.69) is 99.6 Å². The molecule has 4 atom stereocenters. The first kappa shape index (κ1) is 112. The minimum absolute atomic E-state index is 0.247. The summed E-state index contributed by atoms with van der Waals surface area (Å²) in [6.45, 7) is 27.8. The maximum atomic E-state index is 13.2. The van der Waals surface area contributed by atoms with Crippen molar-refractivity contribution in [2.24, 2.45) is 0 Å². The number of rotatable bonds is 39. The van der Waals surface area contributed by atoms with Crippen molar-refractivity contribution >= 4 is 70.6 Å². The van der Waals surface area contributed by atoms with Crippen molar-refractivity contribution in [2.45, 2.75) is 281 Å². The summed E-state index contributed by atoms with van der Waals surface area (Å²) in [7, 11) is 7.97. The largest absolute Gasteiger partial charge is 0.496 e. The van der Waals surface area contributed by atoms with Crippen LogP contribution < -0.4 is 23.7 Å². The van der Waals surface area contributed by atoms with Crippen LogP contribution in [0.3, 0.4) is 0 Å². The summed E-state index contributed by atoms with van der Waals surface area (Å²) in [4.78, 5) is 161. The lowest BCUT2D eigenvalue weighted by atomic mass is 9.98. The highest BCUT2D eigenvalue weighted by molar-refractivity contribution is 6.45. The molecule has 8 aromatic carbocycles. The first-order chi connectivity index (χ1) is 67.6. The van der Waals surface area contributed by atoms with Crippen LogP contribution >= 0.6 is 0 Å². The number of piperidine rings is 4. The van der Waals surface area contributed by atoms with E-state index in [0.29, 0.717) is 123 Å². The molecule has 0 saturated carbocycles. The van der Waals surface area contributed by atoms with Crippen molar-refractivity contribution < 1.29 is 100 Å². The number of unbranched alkanes of at least 4 members (excludes halogenated alkanes) is 6. The second-order valence-corrected chi connectivity index (χ2v) is 37.8. The fourth-order valence-electron chi connectivity index (χ4n) is 19.0. The van der Waals surface area contributed by atoms with Crippen molar-refractivity contribution in [3.8, 4) is 28.7 Å². The Hall–Kier alpha value is -12.8. The van der Waals surface area contributed by atoms with Crippen LogP contribution in [0.2, 0.25) is 0 Å². The van der Waals surface area contributed by atoms with Gasteiger partial charge < -0.3 is 62.2 Å². The van der Waals surface area contributed by atoms with E-state index in [9.17, 15) is 57.5 Å². The zero-order valence-corrected chi connectivity index (χ0v) is 86.4. The van der Waals surface area contributed by atoms with Gasteiger partial charge in [0.25, 0.3) is 23.6 Å². The maximum Gasteiger partial charge on any atom is 0.328 e. The van der Waals surface area contributed by atoms with E-state index in [1.807, 2.05) is 75.3 Å². The molecule has 0 aliphatic carbocycles. The van der Waals surface area contributed by atoms with Gasteiger partial charge in [0.1, 0.15) is 52.9 Å². The van der Waals surface area contributed by atoms with Crippen molar-refractivity contribution in [1.82, 2.24) is 19.6 Å². The standard InChI is InChI=1S/C30H39NO5.C29H37NO6.C29H37NO5.C28H35NO5/c1-21-13-15-24(16-14-21)11-7-5-6-10-18-36-30(34)26-12-8-9-17-31(26)29(33)27(32)25-19-22(2)28(35-4)23(3)20-25;1-18-14-22(17-25(34-5)21(18)4)10-9-13-36-29(33)24-11-7-8-12-30(24)28(32)26(31)23-15-19(2)27(35-6)20(3)16-23;1-20-12-14-23(15-13-20)10-6-5-9-17-35-29(33)25-11-7-8-16-30(25)28(32)26(31)24-18-21(2)27(34-4)22(3)19-24;1-19-11-13-22(14-12-19)9-6-8-16-34-28(32)24-10-5-7-15-29(24)27(31)25(30)23-17-20(2)26(33-4)21(3)18-23/h13-16,19-20,26H,5-12,17-18H2,1-4H3;14-17,24H,7-13H2,1-6H3;12-15,18-19,25H,5-11,16-17H2,1-4H3;11-14,17-18,24H,5-10,15-16H2,1-4H3. The van der Waals surface area contributed by atoms with Crippen LogP contribution in [0.5, 0.6) is 28.7 Å². The number of hydrogen-bond donors (Lipinski definition) is 0. The van der Waals surface area contributed by atoms with E-state index in [4.69, 9.17) is 42.6 Å². The minimum Gasteiger partial charge on any atom is -0.496 e. The molecule has 25 nitrogen and oxygen atoms in total. The quantitative estimate of drug-likeness (QED) is 0.0114. The highest BCUT2D eigenvalue weighted by Crippen LogP contribution is 2.34. The predicted octanol–water partition coefficient (Wildman–Crippen LogP) is 20.1. The molecule has 0 radical (unpaired) electrons. The van der Waals surface area contributed by atoms with Gasteiger partial charge in [0.2, 0.25) is 23.1 Å². The third-order valence-electron chi connectivity index (χ3n) is 26.8. The summed E-state index contributed by atoms with van der Waals surface area (Å²) < 4.78 is 49.0. The SMILES string of the molecule is COc1c(C)cc(C(=O)C(=O)N2CCCCC2C(=O)OCCCCCCc2ccc(C)cc2)cc1C.COc1c(C)cc(C(=O)C(=O)N2CCCCC2C(=O)OCCCCCc2ccc(C)cc2)cc1C.COc1c(C)cc(C(=O)C(=O)N2CCCCC2C(=O)OCCCCc2ccc(C)cc2)cc1C.COc1cc(CCCOC(=O)C2CCCCN2C(=O)C(=O)c2cc(C)c(OC)c(C)c2)cc(C)c1C. The fraction of sp³-hybridized carbons (Fsp3) is 0.483. The third-order valence-corrected chi connectivity index (χ3v) is 26.8. The molecular formula is C116H148N4O21. The summed E-state index contributed by atoms with van der Waals surface area (Å²) in [5, 5.41) is 0. The van der Waals surface area contributed by atoms with E-state index >= 15 is 0 Å². The molecule has 4 aliphatic heterocycles. The van der Waals surface area contributed by atoms with Gasteiger partial charge in [0.05, 0.1) is 62.0 Å². The van der Waals surface area contributed by atoms with Gasteiger partial charge in [-0.1, -0.05) is 108 Å². The van der Waals surface area contributed by atoms with Crippen LogP contribution in [0.4, 0.5) is 0 Å². The number of hydrogen-bond acceptors (Lipinski definition) is 21. The van der Waals surface area contributed by atoms with Gasteiger partial charge in [-0.05, 0) is 377 Å². The molecule has 8 aromatic rings. The molecule has 141 heavy (non-hydrogen) atoms. The molecule has 0 aromatic heterocycles. The molecular weight excluding hydrogens is 1790 g/mol. The number of Topliss-reactive ketones (excluding diaryl/α,β-unsaturated/α-hetero) is 4. The Morgan fingerprint density at radius 3 is 0.730 bits per heavy atom. The molecule has 25 heteroatoms. The van der Waals surface area contributed by atoms with Crippen LogP contribution in [0.25, 0.3) is 0 Å². The Morgan fingerprint density at radius 1 is 0.248 bits per heavy atom. The van der Waals surface area contributed by atoms with Gasteiger partial charge in [0, 0.05) is 48.4 Å². The number of ketones is 4. The average molecular weight is 1930 g/mol. The predicted molar refractivity (Wildman–Crippen MR) is 545 cm³/mol. The van der Waals surface area contributed by atoms with Gasteiger partial charge in [0.15, 0.2) is 0 Å². The number of ether oxygens (including phenoxy) is 9. The van der Waals surface area contributed by atoms with Crippen LogP contribution in [0.1, 0.15) is 277 Å². The molecule has 0 spiro atoms. The molecule has 4 saturated heterocycles. The molecule has 758 valence electrons. The van der Waals surface area contributed by atoms with Gasteiger partial charge in [-0.15, -0.1) is 0 Å². The van der Waals surface area contributed by atoms with Crippen LogP contribution in [0.15, 0.2) is 133 Å². The number of carbonyl (C=O) groups is 12. The Bertz CT molecular complexity index is 5550. The zero-order valence-electron chi connectivity index (χ0n) is 86.4. The second-order valence-electron chi connectivity index (χ2n) is 37.8. The van der Waals surface area contributed by atoms with E-state index in [0.717, 1.165) is 202 Å². The number of nitrogens with zero attached hydrogens (tertiary/aromatic N) is 4. The summed E-state index contributed by atoms with van der Waals surface area (Å²) in [5.41, 5.74) is 18.7. The third kappa shape index (κ3) is 32.1. The maximum absolute atomic E-state index is 13.2. The zero-order chi connectivity index (χ0) is 103. The topological polar surface area (TPSA) is 301 Å². The van der Waals surface area contributed by atoms with Crippen molar-refractivity contribution in [1.29, 1.82) is 0 Å². The molecule has 4 fully saturated rings. The number of aryl methyl sites for hydroxylation is 16. The van der Waals surface area contributed by atoms with Crippen LogP contribution in [-0.4, -0.2) is 203 Å². The summed E-state index contributed by atoms with van der Waals surface area (Å²) in [6, 6.07) is 40.2. The van der Waals surface area contributed by atoms with E-state index in [-0.39, 0.29) is 6.61 Å². The molecule has 0 bridgehead atoms. The lowest BCUT2D eigenvalue weighted by Gasteiger charge is -2.33. The molecule has 4 aliphatic rings.